The van der Waals surface area contributed by atoms with E-state index in [2.05, 4.69) is 10.6 Å². The molecule has 0 heterocycles. The number of carboxylic acids is 1. The standard InChI is InChI=1S/C10H19N3O4S/c1-5(7(14)13-9(17)12-4)18-10(2,3)6(11)8(15)16/h5-6H,11H2,1-4H3,(H,15,16)(H2,12,13,14,17)/t5?,6-/m1/s1. The lowest BCUT2D eigenvalue weighted by atomic mass is 10.1. The highest BCUT2D eigenvalue weighted by atomic mass is 32.2. The molecule has 0 fully saturated rings. The lowest BCUT2D eigenvalue weighted by molar-refractivity contribution is -0.139. The number of amides is 3. The minimum Gasteiger partial charge on any atom is -0.480 e. The molecule has 2 atom stereocenters. The maximum atomic E-state index is 11.6. The molecule has 0 spiro atoms. The number of carbonyl (C=O) groups excluding carboxylic acids is 2. The zero-order valence-corrected chi connectivity index (χ0v) is 11.6. The van der Waals surface area contributed by atoms with E-state index in [1.807, 2.05) is 0 Å². The average Bonchev–Trinajstić information content (AvgIpc) is 2.26. The molecule has 0 rings (SSSR count). The van der Waals surface area contributed by atoms with Crippen LogP contribution in [-0.2, 0) is 9.59 Å². The van der Waals surface area contributed by atoms with Crippen LogP contribution in [0.4, 0.5) is 4.79 Å². The smallest absolute Gasteiger partial charge is 0.321 e. The van der Waals surface area contributed by atoms with E-state index in [1.165, 1.54) is 7.05 Å². The third kappa shape index (κ3) is 4.92. The molecule has 0 aromatic rings. The first-order chi connectivity index (χ1) is 8.11. The van der Waals surface area contributed by atoms with E-state index in [0.717, 1.165) is 11.8 Å². The van der Waals surface area contributed by atoms with Crippen LogP contribution >= 0.6 is 11.8 Å². The predicted octanol–water partition coefficient (Wildman–Crippen LogP) is -0.246. The van der Waals surface area contributed by atoms with E-state index in [-0.39, 0.29) is 0 Å². The average molecular weight is 277 g/mol. The van der Waals surface area contributed by atoms with E-state index >= 15 is 0 Å². The van der Waals surface area contributed by atoms with Crippen molar-refractivity contribution in [2.24, 2.45) is 5.73 Å². The van der Waals surface area contributed by atoms with Crippen LogP contribution in [0.2, 0.25) is 0 Å². The Morgan fingerprint density at radius 1 is 1.33 bits per heavy atom. The minimum absolute atomic E-state index is 0.495. The number of thioether (sulfide) groups is 1. The summed E-state index contributed by atoms with van der Waals surface area (Å²) >= 11 is 1.10. The Hall–Kier alpha value is -1.28. The molecule has 0 aliphatic rings. The highest BCUT2D eigenvalue weighted by molar-refractivity contribution is 8.02. The SMILES string of the molecule is CNC(=O)NC(=O)C(C)SC(C)(C)[C@H](N)C(=O)O. The van der Waals surface area contributed by atoms with E-state index < -0.39 is 33.9 Å². The molecule has 0 bridgehead atoms. The van der Waals surface area contributed by atoms with Gasteiger partial charge < -0.3 is 16.2 Å². The number of urea groups is 1. The molecule has 0 saturated carbocycles. The summed E-state index contributed by atoms with van der Waals surface area (Å²) in [6.07, 6.45) is 0. The van der Waals surface area contributed by atoms with Crippen molar-refractivity contribution in [1.29, 1.82) is 0 Å². The van der Waals surface area contributed by atoms with Gasteiger partial charge in [0.15, 0.2) is 0 Å². The van der Waals surface area contributed by atoms with Crippen molar-refractivity contribution in [3.63, 3.8) is 0 Å². The predicted molar refractivity (Wildman–Crippen MR) is 69.3 cm³/mol. The molecule has 3 amide bonds. The molecule has 104 valence electrons. The highest BCUT2D eigenvalue weighted by Gasteiger charge is 2.35. The number of carbonyl (C=O) groups is 3. The zero-order chi connectivity index (χ0) is 14.5. The number of imide groups is 1. The fourth-order valence-electron chi connectivity index (χ4n) is 1.16. The number of nitrogens with one attached hydrogen (secondary N) is 2. The van der Waals surface area contributed by atoms with E-state index in [9.17, 15) is 14.4 Å². The number of rotatable bonds is 5. The van der Waals surface area contributed by atoms with Crippen molar-refractivity contribution in [3.05, 3.63) is 0 Å². The van der Waals surface area contributed by atoms with Gasteiger partial charge in [-0.1, -0.05) is 0 Å². The molecule has 18 heavy (non-hydrogen) atoms. The van der Waals surface area contributed by atoms with Crippen LogP contribution in [0, 0.1) is 0 Å². The number of carboxylic acid groups (broad SMARTS) is 1. The first-order valence-corrected chi connectivity index (χ1v) is 6.18. The van der Waals surface area contributed by atoms with Crippen LogP contribution in [0.5, 0.6) is 0 Å². The summed E-state index contributed by atoms with van der Waals surface area (Å²) in [4.78, 5) is 33.4. The normalized spacial score (nSPS) is 14.5. The molecule has 5 N–H and O–H groups in total. The fourth-order valence-corrected chi connectivity index (χ4v) is 2.48. The van der Waals surface area contributed by atoms with Crippen LogP contribution in [0.25, 0.3) is 0 Å². The van der Waals surface area contributed by atoms with Gasteiger partial charge in [0.1, 0.15) is 6.04 Å². The number of hydrogen-bond acceptors (Lipinski definition) is 5. The molecule has 0 aromatic carbocycles. The van der Waals surface area contributed by atoms with E-state index in [0.29, 0.717) is 0 Å². The van der Waals surface area contributed by atoms with Crippen LogP contribution in [-0.4, -0.2) is 46.1 Å². The second kappa shape index (κ2) is 6.60. The number of aliphatic carboxylic acids is 1. The van der Waals surface area contributed by atoms with Gasteiger partial charge in [0.2, 0.25) is 5.91 Å². The van der Waals surface area contributed by atoms with Crippen molar-refractivity contribution in [2.75, 3.05) is 7.05 Å². The minimum atomic E-state index is -1.13. The monoisotopic (exact) mass is 277 g/mol. The molecule has 0 saturated heterocycles. The largest absolute Gasteiger partial charge is 0.480 e. The van der Waals surface area contributed by atoms with E-state index in [1.54, 1.807) is 20.8 Å². The molecule has 8 heteroatoms. The quantitative estimate of drug-likeness (QED) is 0.550. The fraction of sp³-hybridized carbons (Fsp3) is 0.700. The lowest BCUT2D eigenvalue weighted by Gasteiger charge is -2.30. The van der Waals surface area contributed by atoms with Gasteiger partial charge in [-0.05, 0) is 20.8 Å². The number of hydrogen-bond donors (Lipinski definition) is 4. The highest BCUT2D eigenvalue weighted by Crippen LogP contribution is 2.31. The lowest BCUT2D eigenvalue weighted by Crippen LogP contribution is -2.49. The third-order valence-electron chi connectivity index (χ3n) is 2.33. The summed E-state index contributed by atoms with van der Waals surface area (Å²) in [6, 6.07) is -1.70. The van der Waals surface area contributed by atoms with Crippen molar-refractivity contribution in [3.8, 4) is 0 Å². The van der Waals surface area contributed by atoms with Crippen molar-refractivity contribution in [2.45, 2.75) is 36.8 Å². The Morgan fingerprint density at radius 2 is 1.83 bits per heavy atom. The zero-order valence-electron chi connectivity index (χ0n) is 10.8. The summed E-state index contributed by atoms with van der Waals surface area (Å²) in [5, 5.41) is 12.6. The molecule has 1 unspecified atom stereocenters. The van der Waals surface area contributed by atoms with Crippen molar-refractivity contribution in [1.82, 2.24) is 10.6 Å². The molecule has 0 aliphatic heterocycles. The first kappa shape index (κ1) is 16.7. The van der Waals surface area contributed by atoms with Crippen molar-refractivity contribution >= 4 is 29.7 Å². The van der Waals surface area contributed by atoms with Crippen LogP contribution in [0.15, 0.2) is 0 Å². The maximum absolute atomic E-state index is 11.6. The molecular formula is C10H19N3O4S. The van der Waals surface area contributed by atoms with Gasteiger partial charge in [-0.2, -0.15) is 0 Å². The summed E-state index contributed by atoms with van der Waals surface area (Å²) in [5.41, 5.74) is 5.54. The summed E-state index contributed by atoms with van der Waals surface area (Å²) in [5.74, 6) is -1.63. The molecule has 0 radical (unpaired) electrons. The molecule has 0 aliphatic carbocycles. The molecule has 0 aromatic heterocycles. The topological polar surface area (TPSA) is 122 Å². The second-order valence-corrected chi connectivity index (χ2v) is 6.24. The Morgan fingerprint density at radius 3 is 2.22 bits per heavy atom. The summed E-state index contributed by atoms with van der Waals surface area (Å²) in [6.45, 7) is 4.86. The van der Waals surface area contributed by atoms with Gasteiger partial charge >= 0.3 is 12.0 Å². The van der Waals surface area contributed by atoms with E-state index in [4.69, 9.17) is 10.8 Å². The van der Waals surface area contributed by atoms with Crippen molar-refractivity contribution < 1.29 is 19.5 Å². The number of nitrogens with two attached hydrogens (primary N) is 1. The second-order valence-electron chi connectivity index (χ2n) is 4.25. The Kier molecular flexibility index (Phi) is 6.13. The first-order valence-electron chi connectivity index (χ1n) is 5.30. The Labute approximate surface area is 110 Å². The summed E-state index contributed by atoms with van der Waals surface area (Å²) < 4.78 is -0.828. The van der Waals surface area contributed by atoms with Crippen LogP contribution in [0.1, 0.15) is 20.8 Å². The van der Waals surface area contributed by atoms with Gasteiger partial charge in [0.05, 0.1) is 5.25 Å². The summed E-state index contributed by atoms with van der Waals surface area (Å²) in [7, 11) is 1.39. The molecule has 7 nitrogen and oxygen atoms in total. The Bertz CT molecular complexity index is 346. The van der Waals surface area contributed by atoms with Gasteiger partial charge in [-0.3, -0.25) is 14.9 Å². The van der Waals surface area contributed by atoms with Gasteiger partial charge in [0.25, 0.3) is 0 Å². The molecular weight excluding hydrogens is 258 g/mol. The Balaban J connectivity index is 4.55. The maximum Gasteiger partial charge on any atom is 0.321 e. The van der Waals surface area contributed by atoms with Crippen LogP contribution < -0.4 is 16.4 Å². The van der Waals surface area contributed by atoms with Gasteiger partial charge in [-0.15, -0.1) is 11.8 Å². The van der Waals surface area contributed by atoms with Gasteiger partial charge in [0, 0.05) is 11.8 Å². The van der Waals surface area contributed by atoms with Crippen LogP contribution in [0.3, 0.4) is 0 Å². The third-order valence-corrected chi connectivity index (χ3v) is 3.76. The van der Waals surface area contributed by atoms with Gasteiger partial charge in [-0.25, -0.2) is 4.79 Å².